The molecule has 2 heterocycles. The first-order valence-electron chi connectivity index (χ1n) is 7.38. The van der Waals surface area contributed by atoms with E-state index in [0.717, 1.165) is 12.1 Å². The third-order valence-electron chi connectivity index (χ3n) is 2.71. The summed E-state index contributed by atoms with van der Waals surface area (Å²) in [5.74, 6) is -1.24. The number of carboxylic acid groups (broad SMARTS) is 1. The van der Waals surface area contributed by atoms with Crippen LogP contribution in [0.15, 0.2) is 29.1 Å². The fourth-order valence-electron chi connectivity index (χ4n) is 1.62. The molecule has 0 atom stereocenters. The molecule has 0 aromatic carbocycles. The molecule has 2 aromatic rings. The number of carbonyl (C=O) groups is 2. The van der Waals surface area contributed by atoms with Gasteiger partial charge in [-0.3, -0.25) is 4.79 Å². The van der Waals surface area contributed by atoms with Gasteiger partial charge in [0.2, 0.25) is 11.4 Å². The van der Waals surface area contributed by atoms with Crippen LogP contribution < -0.4 is 10.3 Å². The Bertz CT molecular complexity index is 838. The average Bonchev–Trinajstić information content (AvgIpc) is 2.55. The fourth-order valence-corrected chi connectivity index (χ4v) is 2.08. The molecule has 26 heavy (non-hydrogen) atoms. The molecular weight excluding hydrogens is 387 g/mol. The molecule has 0 bridgehead atoms. The Morgan fingerprint density at radius 2 is 1.77 bits per heavy atom. The minimum atomic E-state index is -1.16. The smallest absolute Gasteiger partial charge is 0.341 e. The number of esters is 1. The van der Waals surface area contributed by atoms with Crippen molar-refractivity contribution in [2.75, 3.05) is 13.2 Å². The number of halogens is 2. The lowest BCUT2D eigenvalue weighted by atomic mass is 10.3. The van der Waals surface area contributed by atoms with Crippen molar-refractivity contribution in [2.24, 2.45) is 0 Å². The molecule has 0 aliphatic heterocycles. The largest absolute Gasteiger partial charge is 0.478 e. The number of rotatable bonds is 5. The number of aromatic carboxylic acids is 1. The number of hydrogen-bond acceptors (Lipinski definition) is 6. The standard InChI is InChI=1S/C10H12ClNO3.C6H4ClNO3/c1-3-14-8-6-5-7(9(11)12-8)10(13)15-4-2;7-5-3(6(10)11)1-2-4(9)8-5/h5-6H,3-4H2,1-2H3;1-2H,(H,8,9)(H,10,11). The van der Waals surface area contributed by atoms with Crippen LogP contribution in [0.3, 0.4) is 0 Å². The van der Waals surface area contributed by atoms with E-state index in [0.29, 0.717) is 19.1 Å². The second kappa shape index (κ2) is 10.4. The molecule has 8 nitrogen and oxygen atoms in total. The third kappa shape index (κ3) is 6.38. The van der Waals surface area contributed by atoms with Crippen LogP contribution in [0.25, 0.3) is 0 Å². The van der Waals surface area contributed by atoms with Gasteiger partial charge in [0, 0.05) is 12.1 Å². The van der Waals surface area contributed by atoms with E-state index in [9.17, 15) is 14.4 Å². The van der Waals surface area contributed by atoms with Crippen molar-refractivity contribution in [2.45, 2.75) is 13.8 Å². The van der Waals surface area contributed by atoms with Crippen LogP contribution in [-0.4, -0.2) is 40.2 Å². The zero-order chi connectivity index (χ0) is 19.7. The summed E-state index contributed by atoms with van der Waals surface area (Å²) in [6, 6.07) is 5.39. The van der Waals surface area contributed by atoms with Crippen LogP contribution in [0, 0.1) is 0 Å². The molecule has 2 N–H and O–H groups in total. The summed E-state index contributed by atoms with van der Waals surface area (Å²) in [6.45, 7) is 4.38. The zero-order valence-electron chi connectivity index (χ0n) is 13.9. The highest BCUT2D eigenvalue weighted by molar-refractivity contribution is 6.32. The van der Waals surface area contributed by atoms with Crippen molar-refractivity contribution in [3.8, 4) is 5.88 Å². The Morgan fingerprint density at radius 1 is 1.12 bits per heavy atom. The first-order valence-corrected chi connectivity index (χ1v) is 8.14. The molecule has 0 fully saturated rings. The quantitative estimate of drug-likeness (QED) is 0.582. The van der Waals surface area contributed by atoms with Crippen molar-refractivity contribution in [1.82, 2.24) is 9.97 Å². The molecule has 10 heteroatoms. The van der Waals surface area contributed by atoms with E-state index in [1.165, 1.54) is 0 Å². The molecule has 2 aromatic heterocycles. The maximum absolute atomic E-state index is 11.3. The predicted octanol–water partition coefficient (Wildman–Crippen LogP) is 3.04. The summed E-state index contributed by atoms with van der Waals surface area (Å²) in [5, 5.41) is 8.40. The second-order valence-electron chi connectivity index (χ2n) is 4.50. The van der Waals surface area contributed by atoms with Crippen molar-refractivity contribution >= 4 is 35.1 Å². The first kappa shape index (κ1) is 21.5. The number of nitrogens with one attached hydrogen (secondary N) is 1. The number of carboxylic acids is 1. The van der Waals surface area contributed by atoms with Crippen LogP contribution in [0.1, 0.15) is 34.6 Å². The molecule has 0 saturated carbocycles. The summed E-state index contributed by atoms with van der Waals surface area (Å²) in [7, 11) is 0. The van der Waals surface area contributed by atoms with Gasteiger partial charge in [-0.05, 0) is 26.0 Å². The lowest BCUT2D eigenvalue weighted by Crippen LogP contribution is -2.08. The minimum absolute atomic E-state index is 0.0967. The van der Waals surface area contributed by atoms with E-state index in [1.54, 1.807) is 19.1 Å². The topological polar surface area (TPSA) is 119 Å². The number of nitrogens with zero attached hydrogens (tertiary/aromatic N) is 1. The summed E-state index contributed by atoms with van der Waals surface area (Å²) in [5.41, 5.74) is -0.270. The van der Waals surface area contributed by atoms with Gasteiger partial charge in [0.15, 0.2) is 0 Å². The Balaban J connectivity index is 0.000000273. The zero-order valence-corrected chi connectivity index (χ0v) is 15.4. The maximum atomic E-state index is 11.3. The van der Waals surface area contributed by atoms with Gasteiger partial charge in [-0.15, -0.1) is 0 Å². The Labute approximate surface area is 158 Å². The van der Waals surface area contributed by atoms with Crippen LogP contribution in [0.5, 0.6) is 5.88 Å². The number of aromatic amines is 1. The molecular formula is C16H16Cl2N2O6. The number of hydrogen-bond donors (Lipinski definition) is 2. The van der Waals surface area contributed by atoms with Crippen LogP contribution in [-0.2, 0) is 4.74 Å². The normalized spacial score (nSPS) is 9.69. The minimum Gasteiger partial charge on any atom is -0.478 e. The molecule has 0 radical (unpaired) electrons. The van der Waals surface area contributed by atoms with Crippen LogP contribution in [0.2, 0.25) is 10.3 Å². The van der Waals surface area contributed by atoms with Crippen molar-refractivity contribution in [3.05, 3.63) is 56.1 Å². The monoisotopic (exact) mass is 402 g/mol. The molecule has 0 aliphatic rings. The average molecular weight is 403 g/mol. The number of pyridine rings is 2. The summed E-state index contributed by atoms with van der Waals surface area (Å²) in [6.07, 6.45) is 0. The van der Waals surface area contributed by atoms with Gasteiger partial charge in [-0.25, -0.2) is 14.6 Å². The number of ether oxygens (including phenoxy) is 2. The molecule has 0 unspecified atom stereocenters. The Hall–Kier alpha value is -2.58. The summed E-state index contributed by atoms with van der Waals surface area (Å²) in [4.78, 5) is 38.3. The van der Waals surface area contributed by atoms with E-state index >= 15 is 0 Å². The highest BCUT2D eigenvalue weighted by Gasteiger charge is 2.13. The SMILES string of the molecule is CCOC(=O)c1ccc(OCC)nc1Cl.O=C(O)c1ccc(=O)[nH]c1Cl. The Kier molecular flexibility index (Phi) is 8.60. The number of H-pyrrole nitrogens is 1. The molecule has 0 amide bonds. The van der Waals surface area contributed by atoms with Crippen molar-refractivity contribution in [1.29, 1.82) is 0 Å². The van der Waals surface area contributed by atoms with E-state index in [-0.39, 0.29) is 21.4 Å². The van der Waals surface area contributed by atoms with Gasteiger partial charge in [-0.2, -0.15) is 0 Å². The molecule has 0 saturated heterocycles. The number of aromatic nitrogens is 2. The number of carbonyl (C=O) groups excluding carboxylic acids is 1. The third-order valence-corrected chi connectivity index (χ3v) is 3.30. The van der Waals surface area contributed by atoms with E-state index in [2.05, 4.69) is 9.97 Å². The van der Waals surface area contributed by atoms with Crippen molar-refractivity contribution in [3.63, 3.8) is 0 Å². The van der Waals surface area contributed by atoms with Crippen LogP contribution in [0.4, 0.5) is 0 Å². The highest BCUT2D eigenvalue weighted by Crippen LogP contribution is 2.18. The van der Waals surface area contributed by atoms with Crippen molar-refractivity contribution < 1.29 is 24.2 Å². The first-order chi connectivity index (χ1) is 12.3. The molecule has 0 spiro atoms. The molecule has 0 aliphatic carbocycles. The van der Waals surface area contributed by atoms with Gasteiger partial charge < -0.3 is 19.6 Å². The fraction of sp³-hybridized carbons (Fsp3) is 0.250. The lowest BCUT2D eigenvalue weighted by molar-refractivity contribution is 0.0525. The lowest BCUT2D eigenvalue weighted by Gasteiger charge is -2.05. The summed E-state index contributed by atoms with van der Waals surface area (Å²) >= 11 is 11.2. The van der Waals surface area contributed by atoms with E-state index < -0.39 is 17.5 Å². The van der Waals surface area contributed by atoms with E-state index in [1.807, 2.05) is 6.92 Å². The van der Waals surface area contributed by atoms with Gasteiger partial charge in [0.1, 0.15) is 10.3 Å². The van der Waals surface area contributed by atoms with Gasteiger partial charge in [-0.1, -0.05) is 23.2 Å². The predicted molar refractivity (Wildman–Crippen MR) is 95.4 cm³/mol. The maximum Gasteiger partial charge on any atom is 0.341 e. The molecule has 140 valence electrons. The van der Waals surface area contributed by atoms with Gasteiger partial charge >= 0.3 is 11.9 Å². The van der Waals surface area contributed by atoms with Gasteiger partial charge in [0.25, 0.3) is 0 Å². The Morgan fingerprint density at radius 3 is 2.27 bits per heavy atom. The summed E-state index contributed by atoms with van der Waals surface area (Å²) < 4.78 is 9.94. The second-order valence-corrected chi connectivity index (χ2v) is 5.23. The van der Waals surface area contributed by atoms with Crippen LogP contribution >= 0.6 is 23.2 Å². The van der Waals surface area contributed by atoms with E-state index in [4.69, 9.17) is 37.8 Å². The molecule has 2 rings (SSSR count). The van der Waals surface area contributed by atoms with Gasteiger partial charge in [0.05, 0.1) is 24.3 Å². The highest BCUT2D eigenvalue weighted by atomic mass is 35.5.